The number of amides is 1. The highest BCUT2D eigenvalue weighted by Gasteiger charge is 2.27. The third-order valence-electron chi connectivity index (χ3n) is 5.48. The van der Waals surface area contributed by atoms with E-state index in [1.807, 2.05) is 30.3 Å². The topological polar surface area (TPSA) is 58.1 Å². The number of piperidine rings is 1. The number of rotatable bonds is 6. The number of hydrogen-bond acceptors (Lipinski definition) is 5. The molecule has 2 heterocycles. The van der Waals surface area contributed by atoms with Gasteiger partial charge >= 0.3 is 0 Å². The molecule has 0 aliphatic carbocycles. The van der Waals surface area contributed by atoms with E-state index in [0.29, 0.717) is 6.54 Å². The van der Waals surface area contributed by atoms with Crippen molar-refractivity contribution in [3.63, 3.8) is 0 Å². The molecule has 5 nitrogen and oxygen atoms in total. The number of aryl methyl sites for hydroxylation is 1. The first-order chi connectivity index (χ1) is 14.7. The first-order valence-electron chi connectivity index (χ1n) is 10.3. The van der Waals surface area contributed by atoms with Crippen LogP contribution in [0, 0.1) is 12.8 Å². The Kier molecular flexibility index (Phi) is 6.64. The van der Waals surface area contributed by atoms with Crippen molar-refractivity contribution in [3.8, 4) is 0 Å². The number of anilines is 1. The van der Waals surface area contributed by atoms with Crippen molar-refractivity contribution in [3.05, 3.63) is 78.1 Å². The summed E-state index contributed by atoms with van der Waals surface area (Å²) in [6.45, 7) is 4.28. The molecule has 30 heavy (non-hydrogen) atoms. The van der Waals surface area contributed by atoms with Crippen LogP contribution < -0.4 is 10.2 Å². The summed E-state index contributed by atoms with van der Waals surface area (Å²) in [5.74, 6) is 1.10. The molecule has 1 aliphatic heterocycles. The van der Waals surface area contributed by atoms with Gasteiger partial charge in [0.05, 0.1) is 0 Å². The summed E-state index contributed by atoms with van der Waals surface area (Å²) in [4.78, 5) is 25.2. The Hall–Kier alpha value is -2.86. The lowest BCUT2D eigenvalue weighted by atomic mass is 9.95. The molecule has 1 amide bonds. The predicted octanol–water partition coefficient (Wildman–Crippen LogP) is 4.47. The summed E-state index contributed by atoms with van der Waals surface area (Å²) in [5, 5.41) is 4.03. The number of carbonyl (C=O) groups excluding carboxylic acids is 1. The van der Waals surface area contributed by atoms with Crippen molar-refractivity contribution in [2.45, 2.75) is 36.2 Å². The van der Waals surface area contributed by atoms with Crippen molar-refractivity contribution < 1.29 is 4.79 Å². The van der Waals surface area contributed by atoms with Crippen LogP contribution in [0.1, 0.15) is 24.0 Å². The van der Waals surface area contributed by atoms with Crippen LogP contribution in [0.15, 0.2) is 76.9 Å². The van der Waals surface area contributed by atoms with E-state index < -0.39 is 0 Å². The van der Waals surface area contributed by atoms with Crippen LogP contribution in [-0.4, -0.2) is 29.0 Å². The average molecular weight is 419 g/mol. The molecule has 2 aromatic carbocycles. The minimum absolute atomic E-state index is 0.0483. The van der Waals surface area contributed by atoms with E-state index in [9.17, 15) is 4.79 Å². The Morgan fingerprint density at radius 2 is 1.73 bits per heavy atom. The number of benzene rings is 2. The van der Waals surface area contributed by atoms with E-state index in [0.717, 1.165) is 41.7 Å². The van der Waals surface area contributed by atoms with Crippen LogP contribution in [0.5, 0.6) is 0 Å². The standard InChI is InChI=1S/C24H26N4OS/c1-18-7-5-6-8-20(18)17-27-23(29)19-11-15-28(16-12-19)22-24(26-14-13-25-22)30-21-9-3-2-4-10-21/h2-10,13-14,19H,11-12,15-17H2,1H3,(H,27,29). The van der Waals surface area contributed by atoms with Crippen LogP contribution in [0.4, 0.5) is 5.82 Å². The lowest BCUT2D eigenvalue weighted by Crippen LogP contribution is -2.41. The summed E-state index contributed by atoms with van der Waals surface area (Å²) in [5.41, 5.74) is 2.38. The predicted molar refractivity (Wildman–Crippen MR) is 121 cm³/mol. The number of nitrogens with zero attached hydrogens (tertiary/aromatic N) is 3. The summed E-state index contributed by atoms with van der Waals surface area (Å²) in [6, 6.07) is 18.4. The van der Waals surface area contributed by atoms with Crippen molar-refractivity contribution >= 4 is 23.5 Å². The number of hydrogen-bond donors (Lipinski definition) is 1. The number of nitrogens with one attached hydrogen (secondary N) is 1. The summed E-state index contributed by atoms with van der Waals surface area (Å²) in [6.07, 6.45) is 5.13. The molecule has 1 N–H and O–H groups in total. The summed E-state index contributed by atoms with van der Waals surface area (Å²) < 4.78 is 0. The molecule has 1 aliphatic rings. The largest absolute Gasteiger partial charge is 0.354 e. The SMILES string of the molecule is Cc1ccccc1CNC(=O)C1CCN(c2nccnc2Sc2ccccc2)CC1. The molecule has 6 heteroatoms. The maximum absolute atomic E-state index is 12.7. The second-order valence-electron chi connectivity index (χ2n) is 7.51. The van der Waals surface area contributed by atoms with E-state index in [4.69, 9.17) is 0 Å². The minimum atomic E-state index is 0.0483. The highest BCUT2D eigenvalue weighted by atomic mass is 32.2. The third kappa shape index (κ3) is 5.00. The maximum Gasteiger partial charge on any atom is 0.223 e. The van der Waals surface area contributed by atoms with E-state index in [-0.39, 0.29) is 11.8 Å². The highest BCUT2D eigenvalue weighted by Crippen LogP contribution is 2.33. The van der Waals surface area contributed by atoms with Crippen LogP contribution in [0.25, 0.3) is 0 Å². The van der Waals surface area contributed by atoms with Gasteiger partial charge in [0.25, 0.3) is 0 Å². The van der Waals surface area contributed by atoms with Gasteiger partial charge in [-0.15, -0.1) is 0 Å². The van der Waals surface area contributed by atoms with Gasteiger partial charge in [-0.1, -0.05) is 54.2 Å². The summed E-state index contributed by atoms with van der Waals surface area (Å²) >= 11 is 1.63. The van der Waals surface area contributed by atoms with Crippen molar-refractivity contribution in [1.29, 1.82) is 0 Å². The van der Waals surface area contributed by atoms with Crippen LogP contribution in [-0.2, 0) is 11.3 Å². The van der Waals surface area contributed by atoms with Gasteiger partial charge in [-0.25, -0.2) is 9.97 Å². The van der Waals surface area contributed by atoms with Gasteiger partial charge in [-0.3, -0.25) is 4.79 Å². The Labute approximate surface area is 181 Å². The third-order valence-corrected chi connectivity index (χ3v) is 6.47. The van der Waals surface area contributed by atoms with Crippen molar-refractivity contribution in [2.24, 2.45) is 5.92 Å². The molecule has 0 bridgehead atoms. The number of aromatic nitrogens is 2. The Morgan fingerprint density at radius 1 is 1.03 bits per heavy atom. The molecule has 1 saturated heterocycles. The Balaban J connectivity index is 1.34. The van der Waals surface area contributed by atoms with Gasteiger partial charge in [-0.05, 0) is 43.0 Å². The molecular formula is C24H26N4OS. The van der Waals surface area contributed by atoms with Gasteiger partial charge in [0.15, 0.2) is 5.82 Å². The maximum atomic E-state index is 12.7. The first kappa shape index (κ1) is 20.4. The average Bonchev–Trinajstić information content (AvgIpc) is 2.79. The fourth-order valence-corrected chi connectivity index (χ4v) is 4.60. The van der Waals surface area contributed by atoms with Gasteiger partial charge in [0.1, 0.15) is 5.03 Å². The van der Waals surface area contributed by atoms with Gasteiger partial charge in [0, 0.05) is 42.8 Å². The van der Waals surface area contributed by atoms with E-state index in [2.05, 4.69) is 51.4 Å². The second kappa shape index (κ2) is 9.76. The molecule has 0 unspecified atom stereocenters. The lowest BCUT2D eigenvalue weighted by Gasteiger charge is -2.32. The molecule has 3 aromatic rings. The molecule has 0 radical (unpaired) electrons. The van der Waals surface area contributed by atoms with Gasteiger partial charge in [-0.2, -0.15) is 0 Å². The molecule has 0 atom stereocenters. The smallest absolute Gasteiger partial charge is 0.223 e. The zero-order chi connectivity index (χ0) is 20.8. The molecule has 0 spiro atoms. The molecule has 1 fully saturated rings. The minimum Gasteiger partial charge on any atom is -0.354 e. The van der Waals surface area contributed by atoms with E-state index >= 15 is 0 Å². The van der Waals surface area contributed by atoms with E-state index in [1.54, 1.807) is 24.2 Å². The second-order valence-corrected chi connectivity index (χ2v) is 8.57. The number of carbonyl (C=O) groups is 1. The molecule has 0 saturated carbocycles. The Morgan fingerprint density at radius 3 is 2.50 bits per heavy atom. The van der Waals surface area contributed by atoms with Crippen LogP contribution in [0.2, 0.25) is 0 Å². The summed E-state index contributed by atoms with van der Waals surface area (Å²) in [7, 11) is 0. The molecule has 4 rings (SSSR count). The normalized spacial score (nSPS) is 14.5. The monoisotopic (exact) mass is 418 g/mol. The van der Waals surface area contributed by atoms with Gasteiger partial charge < -0.3 is 10.2 Å². The quantitative estimate of drug-likeness (QED) is 0.640. The zero-order valence-electron chi connectivity index (χ0n) is 17.1. The fourth-order valence-electron chi connectivity index (χ4n) is 3.70. The lowest BCUT2D eigenvalue weighted by molar-refractivity contribution is -0.125. The van der Waals surface area contributed by atoms with Crippen LogP contribution in [0.3, 0.4) is 0 Å². The van der Waals surface area contributed by atoms with E-state index in [1.165, 1.54) is 11.1 Å². The molecule has 154 valence electrons. The molecular weight excluding hydrogens is 392 g/mol. The fraction of sp³-hybridized carbons (Fsp3) is 0.292. The van der Waals surface area contributed by atoms with Gasteiger partial charge in [0.2, 0.25) is 5.91 Å². The van der Waals surface area contributed by atoms with Crippen LogP contribution >= 0.6 is 11.8 Å². The van der Waals surface area contributed by atoms with Crippen molar-refractivity contribution in [1.82, 2.24) is 15.3 Å². The Bertz CT molecular complexity index is 987. The molecule has 1 aromatic heterocycles. The van der Waals surface area contributed by atoms with Crippen molar-refractivity contribution in [2.75, 3.05) is 18.0 Å². The zero-order valence-corrected chi connectivity index (χ0v) is 17.9. The highest BCUT2D eigenvalue weighted by molar-refractivity contribution is 7.99. The first-order valence-corrected chi connectivity index (χ1v) is 11.1.